The van der Waals surface area contributed by atoms with Crippen LogP contribution in [0.4, 0.5) is 27.9 Å². The van der Waals surface area contributed by atoms with Crippen molar-refractivity contribution in [2.24, 2.45) is 17.2 Å². The highest BCUT2D eigenvalue weighted by atomic mass is 79.9. The smallest absolute Gasteiger partial charge is 0.269 e. The van der Waals surface area contributed by atoms with E-state index in [0.29, 0.717) is 48.0 Å². The summed E-state index contributed by atoms with van der Waals surface area (Å²) in [5.74, 6) is 0.559. The van der Waals surface area contributed by atoms with E-state index >= 15 is 0 Å². The van der Waals surface area contributed by atoms with Gasteiger partial charge in [-0.05, 0) is 142 Å². The van der Waals surface area contributed by atoms with Crippen LogP contribution in [-0.2, 0) is 43.5 Å². The number of thiocarbonyl (C=S) groups is 2. The number of aliphatic hydroxyl groups excluding tert-OH is 1. The first-order chi connectivity index (χ1) is 59.0. The number of Topliss-reactive ketones (excluding diaryl/α,β-unsaturated/α-hetero) is 2. The average molecular weight is 1990 g/mol. The van der Waals surface area contributed by atoms with Crippen molar-refractivity contribution in [3.05, 3.63) is 339 Å². The van der Waals surface area contributed by atoms with Crippen LogP contribution in [0.3, 0.4) is 0 Å². The number of nitrogens with two attached hydrogens (primary N) is 3. The number of aromatic nitrogens is 5. The highest BCUT2D eigenvalue weighted by Crippen LogP contribution is 2.37. The van der Waals surface area contributed by atoms with Crippen molar-refractivity contribution >= 4 is 209 Å². The Bertz CT molecular complexity index is 5960. The zero-order chi connectivity index (χ0) is 86.6. The lowest BCUT2D eigenvalue weighted by Crippen LogP contribution is -2.45. The van der Waals surface area contributed by atoms with Gasteiger partial charge in [0.1, 0.15) is 25.8 Å². The molecule has 123 heavy (non-hydrogen) atoms. The molecule has 0 amide bonds. The number of nitro groups is 4. The van der Waals surface area contributed by atoms with Crippen LogP contribution in [0.25, 0.3) is 50.8 Å². The minimum Gasteiger partial charge on any atom is -0.496 e. The Balaban J connectivity index is 0.000000166. The molecular formula is C83H73Br2N15O12S11. The molecular weight excluding hydrogens is 1910 g/mol. The molecule has 0 spiro atoms. The maximum absolute atomic E-state index is 12.8. The number of non-ortho nitro benzene ring substituents is 4. The van der Waals surface area contributed by atoms with Crippen LogP contribution in [0.2, 0.25) is 0 Å². The zero-order valence-corrected chi connectivity index (χ0v) is 76.7. The first-order valence-electron chi connectivity index (χ1n) is 36.4. The summed E-state index contributed by atoms with van der Waals surface area (Å²) >= 11 is 27.3. The Morgan fingerprint density at radius 1 is 0.480 bits per heavy atom. The molecule has 0 saturated carbocycles. The van der Waals surface area contributed by atoms with E-state index in [9.17, 15) is 55.2 Å². The highest BCUT2D eigenvalue weighted by Gasteiger charge is 2.25. The van der Waals surface area contributed by atoms with E-state index in [1.54, 1.807) is 147 Å². The summed E-state index contributed by atoms with van der Waals surface area (Å²) in [5, 5.41) is 85.1. The van der Waals surface area contributed by atoms with Gasteiger partial charge in [0.05, 0.1) is 123 Å². The molecule has 0 bridgehead atoms. The van der Waals surface area contributed by atoms with Crippen molar-refractivity contribution < 1.29 is 39.1 Å². The fourth-order valence-electron chi connectivity index (χ4n) is 11.6. The van der Waals surface area contributed by atoms with Gasteiger partial charge in [-0.1, -0.05) is 119 Å². The van der Waals surface area contributed by atoms with Crippen LogP contribution in [0.15, 0.2) is 243 Å². The normalized spacial score (nSPS) is 11.6. The number of benzene rings is 6. The summed E-state index contributed by atoms with van der Waals surface area (Å²) in [7, 11) is 1.56. The van der Waals surface area contributed by atoms with Crippen molar-refractivity contribution in [3.8, 4) is 56.5 Å². The van der Waals surface area contributed by atoms with Crippen molar-refractivity contribution in [2.45, 2.75) is 62.9 Å². The average Bonchev–Trinajstić information content (AvgIpc) is 1.68. The first-order valence-corrected chi connectivity index (χ1v) is 46.3. The number of aliphatic hydroxyl groups is 1. The van der Waals surface area contributed by atoms with Gasteiger partial charge >= 0.3 is 0 Å². The Morgan fingerprint density at radius 2 is 0.902 bits per heavy atom. The van der Waals surface area contributed by atoms with Crippen LogP contribution in [-0.4, -0.2) is 90.0 Å². The number of hydrogen-bond donors (Lipinski definition) is 7. The largest absolute Gasteiger partial charge is 0.496 e. The third-order valence-electron chi connectivity index (χ3n) is 17.6. The molecule has 10 N–H and O–H groups in total. The third kappa shape index (κ3) is 28.0. The predicted molar refractivity (Wildman–Crippen MR) is 512 cm³/mol. The second kappa shape index (κ2) is 47.1. The molecule has 40 heteroatoms. The topological polar surface area (TPSA) is 415 Å². The van der Waals surface area contributed by atoms with Crippen LogP contribution in [0, 0.1) is 40.5 Å². The summed E-state index contributed by atoms with van der Waals surface area (Å²) in [6.07, 6.45) is 2.24. The summed E-state index contributed by atoms with van der Waals surface area (Å²) < 4.78 is 5.03. The van der Waals surface area contributed by atoms with Crippen molar-refractivity contribution in [1.29, 1.82) is 0 Å². The van der Waals surface area contributed by atoms with Gasteiger partial charge in [0.15, 0.2) is 26.9 Å². The number of alkyl halides is 1. The maximum Gasteiger partial charge on any atom is 0.269 e. The van der Waals surface area contributed by atoms with Gasteiger partial charge in [0.25, 0.3) is 22.7 Å². The SMILES string of the molecule is Br.COc1ccccc1C(=O)CBr.NC(=S)N[C@@H](Cc1ccc([N+](=O)[O-])cc1)C(=O)Cc1csc(-c2cccs2)n1.NC(=S)N[C@@H](Cc1ccc([N+](=O)[O-])cc1)c1csc(-c2cccs2)n1.N[C@@H](Cc1ccc([N+](=O)[O-])cc1)c1csc(-c2cccs2)n1.O=[N+]([O-])c1ccc(C[C@H](Nc2nc(-c3cccc(CO)c3)cs2)c2csc(-c3cccs3)n2)cc1. The van der Waals surface area contributed by atoms with E-state index in [-0.39, 0.29) is 92.7 Å². The van der Waals surface area contributed by atoms with Crippen molar-refractivity contribution in [3.63, 3.8) is 0 Å². The lowest BCUT2D eigenvalue weighted by molar-refractivity contribution is -0.385. The van der Waals surface area contributed by atoms with Crippen molar-refractivity contribution in [1.82, 2.24) is 35.6 Å². The van der Waals surface area contributed by atoms with Gasteiger partial charge in [0, 0.05) is 81.0 Å². The van der Waals surface area contributed by atoms with E-state index in [1.807, 2.05) is 122 Å². The van der Waals surface area contributed by atoms with Gasteiger partial charge in [-0.25, -0.2) is 24.9 Å². The van der Waals surface area contributed by atoms with E-state index in [4.69, 9.17) is 61.3 Å². The number of nitrogens with zero attached hydrogens (tertiary/aromatic N) is 9. The second-order valence-electron chi connectivity index (χ2n) is 26.0. The molecule has 9 aromatic heterocycles. The number of thiazole rings is 5. The van der Waals surface area contributed by atoms with Gasteiger partial charge in [-0.15, -0.1) is 119 Å². The predicted octanol–water partition coefficient (Wildman–Crippen LogP) is 20.9. The Labute approximate surface area is 770 Å². The first kappa shape index (κ1) is 94.3. The van der Waals surface area contributed by atoms with Gasteiger partial charge in [0.2, 0.25) is 0 Å². The van der Waals surface area contributed by atoms with Gasteiger partial charge in [-0.2, -0.15) is 0 Å². The number of carbonyl (C=O) groups is 2. The van der Waals surface area contributed by atoms with Crippen LogP contribution < -0.4 is 37.9 Å². The molecule has 0 aliphatic heterocycles. The molecule has 0 fully saturated rings. The number of nitro benzene ring substituents is 4. The number of thiophene rings is 4. The van der Waals surface area contributed by atoms with E-state index < -0.39 is 25.7 Å². The number of hydrogen-bond acceptors (Lipinski definition) is 30. The molecule has 0 saturated heterocycles. The minimum atomic E-state index is -0.633. The third-order valence-corrected chi connectivity index (χ3v) is 26.8. The number of carbonyl (C=O) groups excluding carboxylic acids is 2. The lowest BCUT2D eigenvalue weighted by Gasteiger charge is -2.17. The number of anilines is 1. The molecule has 0 aliphatic rings. The van der Waals surface area contributed by atoms with E-state index in [0.717, 1.165) is 101 Å². The monoisotopic (exact) mass is 1980 g/mol. The quantitative estimate of drug-likeness (QED) is 0.00697. The second-order valence-corrected chi connectivity index (χ2v) is 35.5. The Morgan fingerprint density at radius 3 is 1.34 bits per heavy atom. The molecule has 632 valence electrons. The zero-order valence-electron chi connectivity index (χ0n) is 64.4. The molecule has 6 aromatic carbocycles. The molecule has 9 heterocycles. The van der Waals surface area contributed by atoms with Crippen LogP contribution in [0.5, 0.6) is 5.75 Å². The van der Waals surface area contributed by atoms with E-state index in [1.165, 1.54) is 71.2 Å². The molecule has 0 radical (unpaired) electrons. The molecule has 15 rings (SSSR count). The summed E-state index contributed by atoms with van der Waals surface area (Å²) in [4.78, 5) is 93.5. The number of para-hydroxylation sites is 1. The molecule has 15 aromatic rings. The number of nitrogens with one attached hydrogen (secondary N) is 3. The van der Waals surface area contributed by atoms with Crippen molar-refractivity contribution in [2.75, 3.05) is 17.8 Å². The fourth-order valence-corrected chi connectivity index (χ4v) is 19.7. The van der Waals surface area contributed by atoms with Gasteiger partial charge in [-0.3, -0.25) is 50.0 Å². The number of methoxy groups -OCH3 is 1. The summed E-state index contributed by atoms with van der Waals surface area (Å²) in [6.45, 7) is -0.0171. The summed E-state index contributed by atoms with van der Waals surface area (Å²) in [5.41, 5.74) is 27.8. The molecule has 27 nitrogen and oxygen atoms in total. The fraction of sp³-hybridized carbons (Fsp3) is 0.145. The Hall–Kier alpha value is -10.9. The number of halogens is 2. The Kier molecular flexibility index (Phi) is 36.1. The van der Waals surface area contributed by atoms with Crippen LogP contribution >= 0.6 is 159 Å². The molecule has 0 aliphatic carbocycles. The van der Waals surface area contributed by atoms with Gasteiger partial charge < -0.3 is 43.0 Å². The molecule has 0 unspecified atom stereocenters. The lowest BCUT2D eigenvalue weighted by atomic mass is 9.99. The number of ketones is 2. The number of rotatable bonds is 31. The standard InChI is InChI=1S/C25H20N4O3S3.C18H16N4O3S3.C16H14N4O2S3.C15H13N3O2S2.C9H9BrO2.BrH/c30-13-17-3-1-4-18(11-17)21-14-35-25(28-21)27-20(12-16-6-8-19(9-7-16)29(31)32)22-15-34-24(26-22)23-5-2-10-33-23;19-18(26)21-14(8-11-3-5-13(6-4-11)22(24)25)15(23)9-12-10-28-17(20-12)16-2-1-7-27-16;17-16(23)19-12(8-10-3-5-11(6-4-10)20(21)22)13-9-25-15(18-13)14-2-1-7-24-14;16-12(8-10-3-5-11(6-4-10)18(19)20)13-9-22-15(17-13)14-2-1-7-21-14;1-12-9-5-3-2-4-7(9)8(11)6-10;/h1-11,14-15,20,30H,12-13H2,(H,27,28);1-7,10,14H,8-9H2,(H3,19,21,26);1-7,9,12H,8H2,(H3,17,19,23);1-7,9,12H,8,16H2;2-5H,6H2,1H3;1H/t20-;14-;2*12-;;/m0000../s1. The minimum absolute atomic E-state index is 0. The molecule has 4 atom stereocenters. The maximum atomic E-state index is 12.8. The highest BCUT2D eigenvalue weighted by molar-refractivity contribution is 9.09. The van der Waals surface area contributed by atoms with Crippen LogP contribution in [0.1, 0.15) is 79.1 Å². The summed E-state index contributed by atoms with van der Waals surface area (Å²) in [6, 6.07) is 55.3. The number of ether oxygens (including phenoxy) is 1. The van der Waals surface area contributed by atoms with E-state index in [2.05, 4.69) is 53.3 Å².